The highest BCUT2D eigenvalue weighted by Gasteiger charge is 2.49. The monoisotopic (exact) mass is 402 g/mol. The highest BCUT2D eigenvalue weighted by molar-refractivity contribution is 7.59. The van der Waals surface area contributed by atoms with Gasteiger partial charge in [-0.3, -0.25) is 4.57 Å². The second kappa shape index (κ2) is 8.91. The summed E-state index contributed by atoms with van der Waals surface area (Å²) in [7, 11) is -3.30. The van der Waals surface area contributed by atoms with Crippen molar-refractivity contribution in [3.8, 4) is 0 Å². The topological polar surface area (TPSA) is 37.3 Å². The zero-order valence-electron chi connectivity index (χ0n) is 20.8. The number of hydrogen-bond acceptors (Lipinski definition) is 1. The van der Waals surface area contributed by atoms with E-state index in [0.29, 0.717) is 6.16 Å². The van der Waals surface area contributed by atoms with Gasteiger partial charge in [0.05, 0.1) is 0 Å². The Kier molecular flexibility index (Phi) is 8.97. The summed E-state index contributed by atoms with van der Waals surface area (Å²) >= 11 is 0. The van der Waals surface area contributed by atoms with Gasteiger partial charge < -0.3 is 4.89 Å². The summed E-state index contributed by atoms with van der Waals surface area (Å²) in [6.07, 6.45) is 5.76. The van der Waals surface area contributed by atoms with E-state index in [1.54, 1.807) is 0 Å². The van der Waals surface area contributed by atoms with Gasteiger partial charge in [-0.05, 0) is 60.2 Å². The van der Waals surface area contributed by atoms with Gasteiger partial charge in [0.1, 0.15) is 0 Å². The Morgan fingerprint density at radius 3 is 1.15 bits per heavy atom. The Morgan fingerprint density at radius 2 is 0.889 bits per heavy atom. The van der Waals surface area contributed by atoms with Crippen LogP contribution in [-0.2, 0) is 4.57 Å². The fourth-order valence-corrected chi connectivity index (χ4v) is 6.79. The molecule has 0 amide bonds. The summed E-state index contributed by atoms with van der Waals surface area (Å²) < 4.78 is 13.9. The second-order valence-corrected chi connectivity index (χ2v) is 16.6. The molecule has 0 saturated heterocycles. The summed E-state index contributed by atoms with van der Waals surface area (Å²) in [5.74, 6) is 0. The molecule has 0 fully saturated rings. The van der Waals surface area contributed by atoms with Gasteiger partial charge in [0, 0.05) is 11.3 Å². The Bertz CT molecular complexity index is 474. The van der Waals surface area contributed by atoms with Crippen LogP contribution in [0, 0.1) is 21.7 Å². The van der Waals surface area contributed by atoms with Crippen LogP contribution in [0.1, 0.15) is 122 Å². The molecule has 164 valence electrons. The fraction of sp³-hybridized carbons (Fsp3) is 1.00. The van der Waals surface area contributed by atoms with E-state index in [0.717, 1.165) is 38.5 Å². The van der Waals surface area contributed by atoms with Crippen molar-refractivity contribution in [2.24, 2.45) is 21.7 Å². The number of rotatable bonds is 8. The fourth-order valence-electron chi connectivity index (χ4n) is 3.70. The van der Waals surface area contributed by atoms with Crippen molar-refractivity contribution in [3.63, 3.8) is 0 Å². The van der Waals surface area contributed by atoms with Crippen LogP contribution in [0.5, 0.6) is 0 Å². The molecule has 0 aromatic heterocycles. The lowest BCUT2D eigenvalue weighted by Crippen LogP contribution is -2.37. The molecule has 0 aliphatic heterocycles. The Hall–Kier alpha value is 0.190. The van der Waals surface area contributed by atoms with E-state index in [4.69, 9.17) is 0 Å². The van der Waals surface area contributed by atoms with Gasteiger partial charge >= 0.3 is 0 Å². The van der Waals surface area contributed by atoms with E-state index >= 15 is 0 Å². The lowest BCUT2D eigenvalue weighted by atomic mass is 9.75. The first-order valence-corrected chi connectivity index (χ1v) is 12.7. The summed E-state index contributed by atoms with van der Waals surface area (Å²) in [6.45, 7) is 26.7. The van der Waals surface area contributed by atoms with E-state index in [1.165, 1.54) is 0 Å². The molecular formula is C24H51O2P. The summed E-state index contributed by atoms with van der Waals surface area (Å²) in [5, 5.41) is -0.475. The summed E-state index contributed by atoms with van der Waals surface area (Å²) in [6, 6.07) is 0. The molecule has 0 aliphatic rings. The van der Waals surface area contributed by atoms with E-state index < -0.39 is 12.5 Å². The van der Waals surface area contributed by atoms with Crippen molar-refractivity contribution in [1.29, 1.82) is 0 Å². The molecule has 27 heavy (non-hydrogen) atoms. The third-order valence-corrected chi connectivity index (χ3v) is 8.36. The molecule has 3 heteroatoms. The highest BCUT2D eigenvalue weighted by atomic mass is 31.2. The van der Waals surface area contributed by atoms with Crippen LogP contribution < -0.4 is 0 Å². The van der Waals surface area contributed by atoms with Crippen molar-refractivity contribution in [1.82, 2.24) is 0 Å². The molecule has 0 radical (unpaired) electrons. The zero-order valence-corrected chi connectivity index (χ0v) is 21.6. The third kappa shape index (κ3) is 11.7. The molecule has 0 rings (SSSR count). The smallest absolute Gasteiger partial charge is 0.206 e. The van der Waals surface area contributed by atoms with Gasteiger partial charge in [-0.25, -0.2) is 0 Å². The van der Waals surface area contributed by atoms with E-state index in [-0.39, 0.29) is 21.7 Å². The predicted molar refractivity (Wildman–Crippen MR) is 123 cm³/mol. The lowest BCUT2D eigenvalue weighted by Gasteiger charge is -2.45. The van der Waals surface area contributed by atoms with Gasteiger partial charge in [-0.1, -0.05) is 83.1 Å². The SMILES string of the molecule is CC(C)(C)CCC(CCC(C)(C)C)(CC(C)(C)C)P(=O)(O)CCC(C)(C)C. The zero-order chi connectivity index (χ0) is 21.9. The van der Waals surface area contributed by atoms with Crippen LogP contribution in [0.15, 0.2) is 0 Å². The minimum Gasteiger partial charge on any atom is -0.344 e. The van der Waals surface area contributed by atoms with Crippen LogP contribution >= 0.6 is 7.37 Å². The Morgan fingerprint density at radius 1 is 0.556 bits per heavy atom. The maximum atomic E-state index is 13.9. The molecule has 0 aromatic rings. The molecule has 0 aromatic carbocycles. The average Bonchev–Trinajstić information content (AvgIpc) is 2.35. The molecule has 1 unspecified atom stereocenters. The second-order valence-electron chi connectivity index (χ2n) is 13.8. The van der Waals surface area contributed by atoms with Crippen molar-refractivity contribution in [2.45, 2.75) is 127 Å². The maximum Gasteiger partial charge on any atom is 0.206 e. The van der Waals surface area contributed by atoms with E-state index in [1.807, 2.05) is 0 Å². The first kappa shape index (κ1) is 27.2. The van der Waals surface area contributed by atoms with Gasteiger partial charge in [-0.2, -0.15) is 0 Å². The minimum atomic E-state index is -3.30. The quantitative estimate of drug-likeness (QED) is 0.413. The van der Waals surface area contributed by atoms with Gasteiger partial charge in [0.2, 0.25) is 7.37 Å². The number of hydrogen-bond donors (Lipinski definition) is 1. The summed E-state index contributed by atoms with van der Waals surface area (Å²) in [5.41, 5.74) is 0.472. The highest BCUT2D eigenvalue weighted by Crippen LogP contribution is 2.64. The van der Waals surface area contributed by atoms with Crippen LogP contribution in [0.2, 0.25) is 0 Å². The molecule has 1 atom stereocenters. The van der Waals surface area contributed by atoms with Crippen molar-refractivity contribution < 1.29 is 9.46 Å². The van der Waals surface area contributed by atoms with Crippen molar-refractivity contribution in [2.75, 3.05) is 6.16 Å². The predicted octanol–water partition coefficient (Wildman–Crippen LogP) is 8.52. The summed E-state index contributed by atoms with van der Waals surface area (Å²) in [4.78, 5) is 11.5. The van der Waals surface area contributed by atoms with Crippen LogP contribution in [-0.4, -0.2) is 16.2 Å². The molecule has 2 nitrogen and oxygen atoms in total. The van der Waals surface area contributed by atoms with Gasteiger partial charge in [0.15, 0.2) is 0 Å². The third-order valence-electron chi connectivity index (χ3n) is 5.45. The molecule has 0 bridgehead atoms. The molecule has 0 aliphatic carbocycles. The molecule has 0 heterocycles. The molecule has 1 N–H and O–H groups in total. The Balaban J connectivity index is 6.02. The first-order chi connectivity index (χ1) is 11.6. The molecular weight excluding hydrogens is 351 g/mol. The minimum absolute atomic E-state index is 0.0376. The Labute approximate surface area is 171 Å². The normalized spacial score (nSPS) is 17.1. The molecule has 0 spiro atoms. The molecule has 0 saturated carbocycles. The van der Waals surface area contributed by atoms with Crippen LogP contribution in [0.4, 0.5) is 0 Å². The van der Waals surface area contributed by atoms with E-state index in [9.17, 15) is 9.46 Å². The standard InChI is InChI=1S/C24H51O2P/c1-20(2,3)13-15-24(19-23(10,11)12,16-14-21(4,5)6)27(25,26)18-17-22(7,8)9/h13-19H2,1-12H3,(H,25,26). The largest absolute Gasteiger partial charge is 0.344 e. The first-order valence-electron chi connectivity index (χ1n) is 10.9. The van der Waals surface area contributed by atoms with Gasteiger partial charge in [-0.15, -0.1) is 0 Å². The van der Waals surface area contributed by atoms with Gasteiger partial charge in [0.25, 0.3) is 0 Å². The van der Waals surface area contributed by atoms with Crippen LogP contribution in [0.3, 0.4) is 0 Å². The maximum absolute atomic E-state index is 13.9. The van der Waals surface area contributed by atoms with Crippen molar-refractivity contribution in [3.05, 3.63) is 0 Å². The van der Waals surface area contributed by atoms with E-state index in [2.05, 4.69) is 83.1 Å². The average molecular weight is 403 g/mol. The lowest BCUT2D eigenvalue weighted by molar-refractivity contribution is 0.215. The van der Waals surface area contributed by atoms with Crippen molar-refractivity contribution >= 4 is 7.37 Å². The van der Waals surface area contributed by atoms with Crippen LogP contribution in [0.25, 0.3) is 0 Å².